The number of rotatable bonds is 4. The van der Waals surface area contributed by atoms with E-state index >= 15 is 0 Å². The number of benzene rings is 2. The molecule has 0 N–H and O–H groups in total. The number of ketones is 1. The van der Waals surface area contributed by atoms with Gasteiger partial charge in [0.2, 0.25) is 0 Å². The van der Waals surface area contributed by atoms with Crippen molar-refractivity contribution in [1.29, 1.82) is 0 Å². The topological polar surface area (TPSA) is 46.2 Å². The zero-order valence-electron chi connectivity index (χ0n) is 13.7. The lowest BCUT2D eigenvalue weighted by atomic mass is 9.81. The van der Waals surface area contributed by atoms with Crippen molar-refractivity contribution in [3.8, 4) is 5.75 Å². The van der Waals surface area contributed by atoms with Crippen LogP contribution in [0.5, 0.6) is 5.75 Å². The third-order valence-electron chi connectivity index (χ3n) is 3.68. The second-order valence-corrected chi connectivity index (χ2v) is 7.45. The molecule has 0 aliphatic rings. The minimum Gasteiger partial charge on any atom is -0.497 e. The Balaban J connectivity index is 2.53. The zero-order valence-corrected chi connectivity index (χ0v) is 15.3. The normalized spacial score (nSPS) is 12.8. The van der Waals surface area contributed by atoms with Gasteiger partial charge >= 0.3 is 0 Å². The van der Waals surface area contributed by atoms with Gasteiger partial charge in [0.1, 0.15) is 11.9 Å². The van der Waals surface area contributed by atoms with Gasteiger partial charge in [-0.25, -0.2) is 5.11 Å². The fourth-order valence-electron chi connectivity index (χ4n) is 2.31. The van der Waals surface area contributed by atoms with Crippen molar-refractivity contribution in [3.63, 3.8) is 0 Å². The molecule has 4 heteroatoms. The Kier molecular flexibility index (Phi) is 5.27. The molecule has 23 heavy (non-hydrogen) atoms. The molecule has 0 spiro atoms. The van der Waals surface area contributed by atoms with Gasteiger partial charge in [0.25, 0.3) is 0 Å². The van der Waals surface area contributed by atoms with E-state index in [0.717, 1.165) is 4.47 Å². The van der Waals surface area contributed by atoms with Gasteiger partial charge in [-0.1, -0.05) is 36.7 Å². The molecular weight excluding hydrogens is 356 g/mol. The SMILES string of the molecule is COc1ccc(C(=O)c2ccc(Br)cc2)c(C([O])C(C)(C)C)c1. The molecule has 0 amide bonds. The van der Waals surface area contributed by atoms with E-state index in [-0.39, 0.29) is 5.78 Å². The molecule has 0 bridgehead atoms. The Morgan fingerprint density at radius 1 is 1.09 bits per heavy atom. The van der Waals surface area contributed by atoms with E-state index in [0.29, 0.717) is 22.4 Å². The summed E-state index contributed by atoms with van der Waals surface area (Å²) in [5.41, 5.74) is 0.967. The number of hydrogen-bond donors (Lipinski definition) is 0. The van der Waals surface area contributed by atoms with Crippen molar-refractivity contribution in [1.82, 2.24) is 0 Å². The Morgan fingerprint density at radius 3 is 2.22 bits per heavy atom. The van der Waals surface area contributed by atoms with Crippen molar-refractivity contribution >= 4 is 21.7 Å². The number of carbonyl (C=O) groups is 1. The second kappa shape index (κ2) is 6.85. The van der Waals surface area contributed by atoms with E-state index in [1.807, 2.05) is 32.9 Å². The van der Waals surface area contributed by atoms with E-state index in [4.69, 9.17) is 4.74 Å². The van der Waals surface area contributed by atoms with Gasteiger partial charge in [0.15, 0.2) is 5.78 Å². The summed E-state index contributed by atoms with van der Waals surface area (Å²) in [5.74, 6) is 0.428. The summed E-state index contributed by atoms with van der Waals surface area (Å²) >= 11 is 3.36. The van der Waals surface area contributed by atoms with Crippen LogP contribution in [0.4, 0.5) is 0 Å². The molecule has 121 valence electrons. The molecular formula is C19H20BrO3. The highest BCUT2D eigenvalue weighted by Gasteiger charge is 2.30. The van der Waals surface area contributed by atoms with Crippen LogP contribution >= 0.6 is 15.9 Å². The smallest absolute Gasteiger partial charge is 0.193 e. The maximum absolute atomic E-state index is 12.8. The standard InChI is InChI=1S/C19H20BrO3/c1-19(2,3)18(22)16-11-14(23-4)9-10-15(16)17(21)12-5-7-13(20)8-6-12/h5-11,18H,1-4H3. The van der Waals surface area contributed by atoms with Gasteiger partial charge in [-0.3, -0.25) is 4.79 Å². The molecule has 2 rings (SSSR count). The maximum atomic E-state index is 12.8. The molecule has 0 aromatic heterocycles. The van der Waals surface area contributed by atoms with Crippen LogP contribution in [0.25, 0.3) is 0 Å². The Bertz CT molecular complexity index is 700. The molecule has 2 aromatic carbocycles. The summed E-state index contributed by atoms with van der Waals surface area (Å²) in [6.07, 6.45) is -1.02. The highest BCUT2D eigenvalue weighted by atomic mass is 79.9. The molecule has 2 aromatic rings. The number of hydrogen-bond acceptors (Lipinski definition) is 2. The van der Waals surface area contributed by atoms with Gasteiger partial charge < -0.3 is 4.74 Å². The lowest BCUT2D eigenvalue weighted by Crippen LogP contribution is -2.20. The molecule has 1 radical (unpaired) electrons. The average molecular weight is 376 g/mol. The Labute approximate surface area is 145 Å². The quantitative estimate of drug-likeness (QED) is 0.688. The fourth-order valence-corrected chi connectivity index (χ4v) is 2.58. The molecule has 1 unspecified atom stereocenters. The minimum atomic E-state index is -1.02. The predicted molar refractivity (Wildman–Crippen MR) is 93.5 cm³/mol. The summed E-state index contributed by atoms with van der Waals surface area (Å²) < 4.78 is 6.12. The van der Waals surface area contributed by atoms with Crippen LogP contribution in [0.1, 0.15) is 48.4 Å². The first kappa shape index (κ1) is 17.7. The summed E-state index contributed by atoms with van der Waals surface area (Å²) in [7, 11) is 1.55. The van der Waals surface area contributed by atoms with Gasteiger partial charge in [-0.15, -0.1) is 0 Å². The summed E-state index contributed by atoms with van der Waals surface area (Å²) in [6.45, 7) is 5.62. The number of ether oxygens (including phenoxy) is 1. The molecule has 3 nitrogen and oxygen atoms in total. The molecule has 0 saturated heterocycles. The number of halogens is 1. The first-order valence-electron chi connectivity index (χ1n) is 7.38. The third kappa shape index (κ3) is 4.01. The van der Waals surface area contributed by atoms with Crippen LogP contribution in [0.3, 0.4) is 0 Å². The summed E-state index contributed by atoms with van der Waals surface area (Å²) in [5, 5.41) is 12.8. The van der Waals surface area contributed by atoms with E-state index in [9.17, 15) is 9.90 Å². The van der Waals surface area contributed by atoms with Crippen LogP contribution in [0.2, 0.25) is 0 Å². The van der Waals surface area contributed by atoms with Gasteiger partial charge in [0.05, 0.1) is 7.11 Å². The fraction of sp³-hybridized carbons (Fsp3) is 0.316. The van der Waals surface area contributed by atoms with E-state index < -0.39 is 11.5 Å². The first-order valence-corrected chi connectivity index (χ1v) is 8.17. The predicted octanol–water partition coefficient (Wildman–Crippen LogP) is 5.21. The van der Waals surface area contributed by atoms with Crippen LogP contribution in [-0.2, 0) is 5.11 Å². The lowest BCUT2D eigenvalue weighted by molar-refractivity contribution is -0.00211. The van der Waals surface area contributed by atoms with Crippen LogP contribution in [-0.4, -0.2) is 12.9 Å². The maximum Gasteiger partial charge on any atom is 0.193 e. The van der Waals surface area contributed by atoms with Crippen molar-refractivity contribution in [2.45, 2.75) is 26.9 Å². The van der Waals surface area contributed by atoms with E-state index in [1.165, 1.54) is 0 Å². The zero-order chi connectivity index (χ0) is 17.2. The Hall–Kier alpha value is -1.65. The minimum absolute atomic E-state index is 0.153. The average Bonchev–Trinajstić information content (AvgIpc) is 2.52. The second-order valence-electron chi connectivity index (χ2n) is 6.54. The van der Waals surface area contributed by atoms with Crippen LogP contribution in [0, 0.1) is 5.41 Å². The van der Waals surface area contributed by atoms with Crippen molar-refractivity contribution in [2.24, 2.45) is 5.41 Å². The molecule has 1 atom stereocenters. The van der Waals surface area contributed by atoms with E-state index in [2.05, 4.69) is 15.9 Å². The Morgan fingerprint density at radius 2 is 1.70 bits per heavy atom. The van der Waals surface area contributed by atoms with Gasteiger partial charge in [-0.05, 0) is 53.4 Å². The van der Waals surface area contributed by atoms with Crippen LogP contribution < -0.4 is 4.74 Å². The monoisotopic (exact) mass is 375 g/mol. The van der Waals surface area contributed by atoms with E-state index in [1.54, 1.807) is 37.4 Å². The van der Waals surface area contributed by atoms with Crippen molar-refractivity contribution < 1.29 is 14.6 Å². The van der Waals surface area contributed by atoms with Crippen molar-refractivity contribution in [3.05, 3.63) is 63.6 Å². The van der Waals surface area contributed by atoms with Gasteiger partial charge in [0, 0.05) is 15.6 Å². The molecule has 0 aliphatic heterocycles. The molecule has 0 aliphatic carbocycles. The summed E-state index contributed by atoms with van der Waals surface area (Å²) in [4.78, 5) is 12.8. The highest BCUT2D eigenvalue weighted by Crippen LogP contribution is 2.37. The third-order valence-corrected chi connectivity index (χ3v) is 4.21. The van der Waals surface area contributed by atoms with Crippen molar-refractivity contribution in [2.75, 3.05) is 7.11 Å². The largest absolute Gasteiger partial charge is 0.497 e. The molecule has 0 heterocycles. The number of methoxy groups -OCH3 is 1. The first-order chi connectivity index (χ1) is 10.7. The van der Waals surface area contributed by atoms with Crippen LogP contribution in [0.15, 0.2) is 46.9 Å². The molecule has 0 saturated carbocycles. The molecule has 0 fully saturated rings. The summed E-state index contributed by atoms with van der Waals surface area (Å²) in [6, 6.07) is 12.2. The highest BCUT2D eigenvalue weighted by molar-refractivity contribution is 9.10. The lowest BCUT2D eigenvalue weighted by Gasteiger charge is -2.26. The van der Waals surface area contributed by atoms with Gasteiger partial charge in [-0.2, -0.15) is 0 Å². The number of carbonyl (C=O) groups excluding carboxylic acids is 1.